The van der Waals surface area contributed by atoms with E-state index in [1.54, 1.807) is 24.3 Å². The average Bonchev–Trinajstić information content (AvgIpc) is 2.75. The maximum absolute atomic E-state index is 12.3. The Hall–Kier alpha value is -1.46. The number of hydrogen-bond acceptors (Lipinski definition) is 3. The minimum Gasteiger partial charge on any atom is -0.434 e. The predicted octanol–water partition coefficient (Wildman–Crippen LogP) is 3.74. The first kappa shape index (κ1) is 13.0. The average molecular weight is 270 g/mol. The summed E-state index contributed by atoms with van der Waals surface area (Å²) in [4.78, 5) is 1.76. The topological polar surface area (TPSA) is 29.5 Å². The second-order valence-electron chi connectivity index (χ2n) is 3.77. The van der Waals surface area contributed by atoms with Crippen molar-refractivity contribution in [3.63, 3.8) is 0 Å². The summed E-state index contributed by atoms with van der Waals surface area (Å²) in [6, 6.07) is 9.93. The lowest BCUT2D eigenvalue weighted by molar-refractivity contribution is -0.0512. The van der Waals surface area contributed by atoms with E-state index in [1.165, 1.54) is 17.4 Å². The number of benzene rings is 1. The molecule has 96 valence electrons. The monoisotopic (exact) mass is 270 g/mol. The Morgan fingerprint density at radius 1 is 1.17 bits per heavy atom. The van der Waals surface area contributed by atoms with Crippen LogP contribution in [-0.2, 0) is 0 Å². The Morgan fingerprint density at radius 2 is 1.89 bits per heavy atom. The van der Waals surface area contributed by atoms with Crippen LogP contribution in [0.15, 0.2) is 36.4 Å². The minimum absolute atomic E-state index is 0.00560. The van der Waals surface area contributed by atoms with Crippen LogP contribution in [0.4, 0.5) is 8.78 Å². The molecule has 0 amide bonds. The number of halogens is 2. The van der Waals surface area contributed by atoms with Crippen LogP contribution in [0.2, 0.25) is 0 Å². The predicted molar refractivity (Wildman–Crippen MR) is 66.2 cm³/mol. The summed E-state index contributed by atoms with van der Waals surface area (Å²) in [6.07, 6.45) is -0.946. The van der Waals surface area contributed by atoms with Gasteiger partial charge in [0.1, 0.15) is 11.9 Å². The SMILES string of the molecule is Cc1ccc(C(O)c2ccccc2OC(F)F)s1. The molecule has 1 aromatic carbocycles. The number of para-hydroxylation sites is 1. The van der Waals surface area contributed by atoms with Gasteiger partial charge in [0.15, 0.2) is 0 Å². The smallest absolute Gasteiger partial charge is 0.387 e. The maximum atomic E-state index is 12.3. The molecule has 2 rings (SSSR count). The molecule has 0 spiro atoms. The third-order valence-corrected chi connectivity index (χ3v) is 3.51. The van der Waals surface area contributed by atoms with E-state index >= 15 is 0 Å². The quantitative estimate of drug-likeness (QED) is 0.917. The summed E-state index contributed by atoms with van der Waals surface area (Å²) in [7, 11) is 0. The molecule has 1 N–H and O–H groups in total. The molecule has 5 heteroatoms. The molecule has 1 aromatic heterocycles. The lowest BCUT2D eigenvalue weighted by Crippen LogP contribution is -2.07. The number of aliphatic hydroxyl groups is 1. The van der Waals surface area contributed by atoms with Gasteiger partial charge in [0.2, 0.25) is 0 Å². The van der Waals surface area contributed by atoms with Crippen molar-refractivity contribution in [1.29, 1.82) is 0 Å². The summed E-state index contributed by atoms with van der Waals surface area (Å²) in [5.41, 5.74) is 0.347. The van der Waals surface area contributed by atoms with Gasteiger partial charge >= 0.3 is 6.61 Å². The van der Waals surface area contributed by atoms with E-state index in [0.29, 0.717) is 10.4 Å². The zero-order valence-electron chi connectivity index (χ0n) is 9.64. The normalized spacial score (nSPS) is 12.7. The molecule has 1 atom stereocenters. The molecule has 2 aromatic rings. The van der Waals surface area contributed by atoms with Gasteiger partial charge in [0.25, 0.3) is 0 Å². The maximum Gasteiger partial charge on any atom is 0.387 e. The van der Waals surface area contributed by atoms with E-state index in [1.807, 2.05) is 13.0 Å². The summed E-state index contributed by atoms with van der Waals surface area (Å²) >= 11 is 1.43. The number of rotatable bonds is 4. The van der Waals surface area contributed by atoms with E-state index in [2.05, 4.69) is 4.74 Å². The van der Waals surface area contributed by atoms with Crippen LogP contribution in [0.1, 0.15) is 21.4 Å². The van der Waals surface area contributed by atoms with Crippen molar-refractivity contribution in [2.45, 2.75) is 19.6 Å². The fraction of sp³-hybridized carbons (Fsp3) is 0.231. The zero-order valence-corrected chi connectivity index (χ0v) is 10.5. The first-order chi connectivity index (χ1) is 8.58. The summed E-state index contributed by atoms with van der Waals surface area (Å²) in [5, 5.41) is 10.2. The van der Waals surface area contributed by atoms with Crippen molar-refractivity contribution >= 4 is 11.3 Å². The highest BCUT2D eigenvalue weighted by Crippen LogP contribution is 2.33. The second-order valence-corrected chi connectivity index (χ2v) is 5.09. The standard InChI is InChI=1S/C13H12F2O2S/c1-8-6-7-11(18-8)12(16)9-4-2-3-5-10(9)17-13(14)15/h2-7,12-13,16H,1H3. The van der Waals surface area contributed by atoms with Gasteiger partial charge in [0, 0.05) is 15.3 Å². The lowest BCUT2D eigenvalue weighted by Gasteiger charge is -2.14. The molecule has 2 nitrogen and oxygen atoms in total. The number of aryl methyl sites for hydroxylation is 1. The summed E-state index contributed by atoms with van der Waals surface area (Å²) in [5.74, 6) is 0.00560. The van der Waals surface area contributed by atoms with Crippen LogP contribution >= 0.6 is 11.3 Å². The molecule has 0 aliphatic heterocycles. The van der Waals surface area contributed by atoms with Gasteiger partial charge in [-0.05, 0) is 25.1 Å². The Balaban J connectivity index is 2.32. The molecular weight excluding hydrogens is 258 g/mol. The van der Waals surface area contributed by atoms with Gasteiger partial charge in [-0.3, -0.25) is 0 Å². The molecule has 1 unspecified atom stereocenters. The summed E-state index contributed by atoms with van der Waals surface area (Å²) < 4.78 is 28.9. The zero-order chi connectivity index (χ0) is 13.1. The number of hydrogen-bond donors (Lipinski definition) is 1. The third-order valence-electron chi connectivity index (χ3n) is 2.46. The number of thiophene rings is 1. The van der Waals surface area contributed by atoms with Crippen LogP contribution in [0.25, 0.3) is 0 Å². The van der Waals surface area contributed by atoms with Crippen molar-refractivity contribution in [1.82, 2.24) is 0 Å². The van der Waals surface area contributed by atoms with Crippen LogP contribution in [-0.4, -0.2) is 11.7 Å². The molecule has 0 saturated heterocycles. The minimum atomic E-state index is -2.90. The molecule has 0 aliphatic carbocycles. The van der Waals surface area contributed by atoms with E-state index < -0.39 is 12.7 Å². The fourth-order valence-corrected chi connectivity index (χ4v) is 2.55. The highest BCUT2D eigenvalue weighted by Gasteiger charge is 2.18. The molecule has 0 saturated carbocycles. The summed E-state index contributed by atoms with van der Waals surface area (Å²) in [6.45, 7) is -0.981. The molecule has 1 heterocycles. The molecular formula is C13H12F2O2S. The molecule has 0 aliphatic rings. The first-order valence-electron chi connectivity index (χ1n) is 5.36. The van der Waals surface area contributed by atoms with Crippen molar-refractivity contribution in [2.24, 2.45) is 0 Å². The molecule has 0 bridgehead atoms. The largest absolute Gasteiger partial charge is 0.434 e. The number of alkyl halides is 2. The van der Waals surface area contributed by atoms with Crippen molar-refractivity contribution in [3.05, 3.63) is 51.7 Å². The van der Waals surface area contributed by atoms with E-state index in [-0.39, 0.29) is 5.75 Å². The Kier molecular flexibility index (Phi) is 3.93. The number of ether oxygens (including phenoxy) is 1. The van der Waals surface area contributed by atoms with Crippen LogP contribution in [0.3, 0.4) is 0 Å². The van der Waals surface area contributed by atoms with Gasteiger partial charge < -0.3 is 9.84 Å². The highest BCUT2D eigenvalue weighted by atomic mass is 32.1. The lowest BCUT2D eigenvalue weighted by atomic mass is 10.1. The van der Waals surface area contributed by atoms with Gasteiger partial charge in [-0.1, -0.05) is 18.2 Å². The Morgan fingerprint density at radius 3 is 2.50 bits per heavy atom. The van der Waals surface area contributed by atoms with Crippen LogP contribution in [0, 0.1) is 6.92 Å². The first-order valence-corrected chi connectivity index (χ1v) is 6.17. The van der Waals surface area contributed by atoms with E-state index in [4.69, 9.17) is 0 Å². The molecule has 18 heavy (non-hydrogen) atoms. The van der Waals surface area contributed by atoms with Gasteiger partial charge in [0.05, 0.1) is 0 Å². The van der Waals surface area contributed by atoms with Gasteiger partial charge in [-0.2, -0.15) is 8.78 Å². The van der Waals surface area contributed by atoms with Crippen molar-refractivity contribution in [3.8, 4) is 5.75 Å². The van der Waals surface area contributed by atoms with Crippen LogP contribution in [0.5, 0.6) is 5.75 Å². The van der Waals surface area contributed by atoms with Crippen LogP contribution < -0.4 is 4.74 Å². The van der Waals surface area contributed by atoms with Crippen molar-refractivity contribution < 1.29 is 18.6 Å². The van der Waals surface area contributed by atoms with Crippen molar-refractivity contribution in [2.75, 3.05) is 0 Å². The van der Waals surface area contributed by atoms with Gasteiger partial charge in [-0.25, -0.2) is 0 Å². The second kappa shape index (κ2) is 5.46. The van der Waals surface area contributed by atoms with E-state index in [0.717, 1.165) is 4.88 Å². The Labute approximate surface area is 107 Å². The number of aliphatic hydroxyl groups excluding tert-OH is 1. The molecule has 0 radical (unpaired) electrons. The highest BCUT2D eigenvalue weighted by molar-refractivity contribution is 7.12. The third kappa shape index (κ3) is 2.86. The molecule has 0 fully saturated rings. The van der Waals surface area contributed by atoms with Gasteiger partial charge in [-0.15, -0.1) is 11.3 Å². The Bertz CT molecular complexity index is 525. The van der Waals surface area contributed by atoms with E-state index in [9.17, 15) is 13.9 Å². The fourth-order valence-electron chi connectivity index (χ4n) is 1.66.